The molecule has 0 spiro atoms. The number of fused-ring (bicyclic) bond motifs is 3. The zero-order valence-corrected chi connectivity index (χ0v) is 19.4. The Morgan fingerprint density at radius 3 is 2.00 bits per heavy atom. The van der Waals surface area contributed by atoms with Crippen molar-refractivity contribution in [3.63, 3.8) is 0 Å². The monoisotopic (exact) mass is 470 g/mol. The molecular weight excluding hydrogens is 448 g/mol. The molecule has 0 saturated carbocycles. The van der Waals surface area contributed by atoms with Crippen LogP contribution in [0.3, 0.4) is 0 Å². The highest BCUT2D eigenvalue weighted by molar-refractivity contribution is 6.25. The fourth-order valence-corrected chi connectivity index (χ4v) is 5.39. The summed E-state index contributed by atoms with van der Waals surface area (Å²) >= 11 is 0. The van der Waals surface area contributed by atoms with E-state index in [0.29, 0.717) is 24.0 Å². The standard InChI is InChI=1S/C30H22N4O2/c31-29(35)27-24(14-19-5-3-11-34-16-19)22-7-1-6-21-20-9-8-17(12-18-4-2-10-33-15-18)13-23(20)26(25(21)22)28(27)30(32)36/h1-11,13,15-16H,12,14H2,(H2,31,35)(H2,32,36). The third kappa shape index (κ3) is 3.43. The Hall–Kier alpha value is -4.84. The van der Waals surface area contributed by atoms with Gasteiger partial charge in [-0.25, -0.2) is 0 Å². The lowest BCUT2D eigenvalue weighted by Crippen LogP contribution is -2.24. The van der Waals surface area contributed by atoms with Gasteiger partial charge < -0.3 is 11.5 Å². The first kappa shape index (κ1) is 21.7. The van der Waals surface area contributed by atoms with Crippen molar-refractivity contribution in [2.75, 3.05) is 0 Å². The lowest BCUT2D eigenvalue weighted by atomic mass is 9.85. The molecule has 0 radical (unpaired) electrons. The molecule has 4 N–H and O–H groups in total. The number of rotatable bonds is 6. The van der Waals surface area contributed by atoms with Crippen LogP contribution >= 0.6 is 0 Å². The Kier molecular flexibility index (Phi) is 5.08. The molecule has 2 amide bonds. The molecule has 0 unspecified atom stereocenters. The van der Waals surface area contributed by atoms with Crippen LogP contribution in [0.25, 0.3) is 33.0 Å². The van der Waals surface area contributed by atoms with Crippen molar-refractivity contribution >= 4 is 22.6 Å². The summed E-state index contributed by atoms with van der Waals surface area (Å²) in [5.74, 6) is -1.35. The Labute approximate surface area is 207 Å². The lowest BCUT2D eigenvalue weighted by Gasteiger charge is -2.18. The molecule has 6 heteroatoms. The fourth-order valence-electron chi connectivity index (χ4n) is 5.39. The van der Waals surface area contributed by atoms with E-state index < -0.39 is 11.8 Å². The Bertz CT molecular complexity index is 1680. The van der Waals surface area contributed by atoms with Gasteiger partial charge >= 0.3 is 0 Å². The van der Waals surface area contributed by atoms with Crippen LogP contribution in [0.1, 0.15) is 43.0 Å². The van der Waals surface area contributed by atoms with Gasteiger partial charge in [0.1, 0.15) is 0 Å². The summed E-state index contributed by atoms with van der Waals surface area (Å²) in [4.78, 5) is 34.3. The fraction of sp³-hybridized carbons (Fsp3) is 0.0667. The van der Waals surface area contributed by atoms with Crippen molar-refractivity contribution in [1.82, 2.24) is 9.97 Å². The Balaban J connectivity index is 1.64. The number of aromatic nitrogens is 2. The molecule has 0 atom stereocenters. The number of amides is 2. The van der Waals surface area contributed by atoms with Gasteiger partial charge in [0.15, 0.2) is 0 Å². The van der Waals surface area contributed by atoms with Crippen molar-refractivity contribution in [2.24, 2.45) is 11.5 Å². The molecule has 0 bridgehead atoms. The SMILES string of the molecule is NC(=O)c1c(C(N)=O)c2c3c(cccc3c1Cc1cccnc1)-c1ccc(Cc3cccnc3)cc1-2. The van der Waals surface area contributed by atoms with E-state index in [1.165, 1.54) is 0 Å². The summed E-state index contributed by atoms with van der Waals surface area (Å²) in [6.07, 6.45) is 8.12. The molecule has 5 aromatic rings. The summed E-state index contributed by atoms with van der Waals surface area (Å²) in [5.41, 5.74) is 19.6. The molecule has 2 heterocycles. The smallest absolute Gasteiger partial charge is 0.250 e. The number of nitrogens with two attached hydrogens (primary N) is 2. The minimum atomic E-state index is -0.675. The molecule has 2 aromatic heterocycles. The summed E-state index contributed by atoms with van der Waals surface area (Å²) in [6.45, 7) is 0. The van der Waals surface area contributed by atoms with Crippen LogP contribution < -0.4 is 11.5 Å². The first-order valence-corrected chi connectivity index (χ1v) is 11.7. The van der Waals surface area contributed by atoms with E-state index in [2.05, 4.69) is 28.2 Å². The second kappa shape index (κ2) is 8.43. The van der Waals surface area contributed by atoms with E-state index in [1.54, 1.807) is 18.6 Å². The Morgan fingerprint density at radius 2 is 1.36 bits per heavy atom. The molecule has 0 aliphatic heterocycles. The molecule has 6 nitrogen and oxygen atoms in total. The molecule has 3 aromatic carbocycles. The molecule has 1 aliphatic carbocycles. The number of carbonyl (C=O) groups excluding carboxylic acids is 2. The summed E-state index contributed by atoms with van der Waals surface area (Å²) < 4.78 is 0. The van der Waals surface area contributed by atoms with Crippen LogP contribution in [0, 0.1) is 0 Å². The highest BCUT2D eigenvalue weighted by Gasteiger charge is 2.32. The number of nitrogens with zero attached hydrogens (tertiary/aromatic N) is 2. The molecule has 0 saturated heterocycles. The number of benzene rings is 3. The average Bonchev–Trinajstić information content (AvgIpc) is 3.21. The second-order valence-corrected chi connectivity index (χ2v) is 9.02. The van der Waals surface area contributed by atoms with Crippen molar-refractivity contribution in [3.05, 3.63) is 119 Å². The van der Waals surface area contributed by atoms with Crippen LogP contribution in [0.15, 0.2) is 85.5 Å². The quantitative estimate of drug-likeness (QED) is 0.369. The van der Waals surface area contributed by atoms with Crippen LogP contribution in [-0.2, 0) is 12.8 Å². The number of hydrogen-bond acceptors (Lipinski definition) is 4. The minimum absolute atomic E-state index is 0.177. The maximum Gasteiger partial charge on any atom is 0.250 e. The third-order valence-corrected chi connectivity index (χ3v) is 6.81. The number of hydrogen-bond donors (Lipinski definition) is 2. The highest BCUT2D eigenvalue weighted by Crippen LogP contribution is 2.51. The maximum absolute atomic E-state index is 13.0. The van der Waals surface area contributed by atoms with Gasteiger partial charge in [-0.3, -0.25) is 19.6 Å². The van der Waals surface area contributed by atoms with Crippen molar-refractivity contribution in [3.8, 4) is 22.3 Å². The third-order valence-electron chi connectivity index (χ3n) is 6.81. The summed E-state index contributed by atoms with van der Waals surface area (Å²) in [6, 6.07) is 20.0. The number of pyridine rings is 2. The topological polar surface area (TPSA) is 112 Å². The molecule has 1 aliphatic rings. The first-order chi connectivity index (χ1) is 17.5. The van der Waals surface area contributed by atoms with E-state index in [-0.39, 0.29) is 11.1 Å². The molecule has 6 rings (SSSR count). The van der Waals surface area contributed by atoms with E-state index in [1.807, 2.05) is 48.7 Å². The van der Waals surface area contributed by atoms with Gasteiger partial charge in [0.05, 0.1) is 11.1 Å². The van der Waals surface area contributed by atoms with Gasteiger partial charge in [0.25, 0.3) is 0 Å². The minimum Gasteiger partial charge on any atom is -0.366 e. The van der Waals surface area contributed by atoms with Gasteiger partial charge in [-0.2, -0.15) is 0 Å². The van der Waals surface area contributed by atoms with Gasteiger partial charge in [-0.1, -0.05) is 48.5 Å². The molecule has 174 valence electrons. The lowest BCUT2D eigenvalue weighted by molar-refractivity contribution is 0.0967. The van der Waals surface area contributed by atoms with Crippen LogP contribution in [-0.4, -0.2) is 21.8 Å². The Morgan fingerprint density at radius 1 is 0.667 bits per heavy atom. The zero-order valence-electron chi connectivity index (χ0n) is 19.4. The second-order valence-electron chi connectivity index (χ2n) is 9.02. The molecular formula is C30H22N4O2. The average molecular weight is 471 g/mol. The van der Waals surface area contributed by atoms with Crippen molar-refractivity contribution in [1.29, 1.82) is 0 Å². The van der Waals surface area contributed by atoms with Crippen LogP contribution in [0.4, 0.5) is 0 Å². The van der Waals surface area contributed by atoms with E-state index in [9.17, 15) is 9.59 Å². The van der Waals surface area contributed by atoms with Crippen LogP contribution in [0.5, 0.6) is 0 Å². The van der Waals surface area contributed by atoms with Crippen molar-refractivity contribution < 1.29 is 9.59 Å². The largest absolute Gasteiger partial charge is 0.366 e. The van der Waals surface area contributed by atoms with E-state index >= 15 is 0 Å². The van der Waals surface area contributed by atoms with Gasteiger partial charge in [-0.05, 0) is 68.3 Å². The highest BCUT2D eigenvalue weighted by atomic mass is 16.2. The van der Waals surface area contributed by atoms with E-state index in [0.717, 1.165) is 44.2 Å². The first-order valence-electron chi connectivity index (χ1n) is 11.7. The van der Waals surface area contributed by atoms with Gasteiger partial charge in [-0.15, -0.1) is 0 Å². The normalized spacial score (nSPS) is 11.4. The van der Waals surface area contributed by atoms with Gasteiger partial charge in [0.2, 0.25) is 11.8 Å². The van der Waals surface area contributed by atoms with Gasteiger partial charge in [0, 0.05) is 36.8 Å². The number of carbonyl (C=O) groups is 2. The zero-order chi connectivity index (χ0) is 24.8. The predicted molar refractivity (Wildman–Crippen MR) is 139 cm³/mol. The maximum atomic E-state index is 13.0. The van der Waals surface area contributed by atoms with Crippen molar-refractivity contribution in [2.45, 2.75) is 12.8 Å². The summed E-state index contributed by atoms with van der Waals surface area (Å²) in [5, 5.41) is 1.80. The predicted octanol–water partition coefficient (Wildman–Crippen LogP) is 4.66. The van der Waals surface area contributed by atoms with Crippen LogP contribution in [0.2, 0.25) is 0 Å². The summed E-state index contributed by atoms with van der Waals surface area (Å²) in [7, 11) is 0. The number of primary amides is 2. The molecule has 36 heavy (non-hydrogen) atoms. The molecule has 0 fully saturated rings. The van der Waals surface area contributed by atoms with E-state index in [4.69, 9.17) is 11.5 Å².